The molecule has 0 aliphatic carbocycles. The summed E-state index contributed by atoms with van der Waals surface area (Å²) in [6, 6.07) is 26.0. The van der Waals surface area contributed by atoms with Gasteiger partial charge in [-0.25, -0.2) is 8.42 Å². The fourth-order valence-corrected chi connectivity index (χ4v) is 4.02. The molecule has 0 unspecified atom stereocenters. The first kappa shape index (κ1) is 19.8. The molecule has 0 fully saturated rings. The summed E-state index contributed by atoms with van der Waals surface area (Å²) in [7, 11) is -3.82. The van der Waals surface area contributed by atoms with Gasteiger partial charge in [0, 0.05) is 6.54 Å². The highest BCUT2D eigenvalue weighted by Gasteiger charge is 2.25. The van der Waals surface area contributed by atoms with Gasteiger partial charge in [-0.15, -0.1) is 0 Å². The minimum absolute atomic E-state index is 0.129. The van der Waals surface area contributed by atoms with Gasteiger partial charge in [0.25, 0.3) is 0 Å². The predicted molar refractivity (Wildman–Crippen MR) is 109 cm³/mol. The van der Waals surface area contributed by atoms with Gasteiger partial charge < -0.3 is 5.32 Å². The van der Waals surface area contributed by atoms with Crippen molar-refractivity contribution in [1.29, 1.82) is 0 Å². The van der Waals surface area contributed by atoms with Crippen LogP contribution in [0.25, 0.3) is 0 Å². The fourth-order valence-electron chi connectivity index (χ4n) is 2.80. The molecule has 0 bridgehead atoms. The first-order valence-electron chi connectivity index (χ1n) is 8.97. The number of carbonyl (C=O) groups is 1. The standard InChI is InChI=1S/C22H22N2O3S/c25-22(23-17-19-12-6-2-7-13-19)21(16-18-10-4-1-5-11-18)24-28(26,27)20-14-8-3-9-15-20/h1-15,21,24H,16-17H2,(H,23,25)/t21-/m1/s1. The van der Waals surface area contributed by atoms with Crippen LogP contribution in [0.3, 0.4) is 0 Å². The molecule has 0 spiro atoms. The Balaban J connectivity index is 1.77. The summed E-state index contributed by atoms with van der Waals surface area (Å²) in [5.74, 6) is -0.368. The number of hydrogen-bond acceptors (Lipinski definition) is 3. The number of carbonyl (C=O) groups excluding carboxylic acids is 1. The van der Waals surface area contributed by atoms with Crippen LogP contribution in [0.1, 0.15) is 11.1 Å². The van der Waals surface area contributed by atoms with E-state index < -0.39 is 16.1 Å². The molecule has 5 nitrogen and oxygen atoms in total. The van der Waals surface area contributed by atoms with Crippen LogP contribution in [0.4, 0.5) is 0 Å². The summed E-state index contributed by atoms with van der Waals surface area (Å²) < 4.78 is 28.0. The molecule has 0 heterocycles. The van der Waals surface area contributed by atoms with Gasteiger partial charge in [0.2, 0.25) is 15.9 Å². The van der Waals surface area contributed by atoms with E-state index >= 15 is 0 Å². The molecule has 6 heteroatoms. The van der Waals surface area contributed by atoms with Gasteiger partial charge >= 0.3 is 0 Å². The Bertz CT molecular complexity index is 992. The lowest BCUT2D eigenvalue weighted by molar-refractivity contribution is -0.122. The Kier molecular flexibility index (Phi) is 6.57. The van der Waals surface area contributed by atoms with Crippen molar-refractivity contribution >= 4 is 15.9 Å². The molecule has 3 aromatic rings. The van der Waals surface area contributed by atoms with Gasteiger partial charge in [0.15, 0.2) is 0 Å². The predicted octanol–water partition coefficient (Wildman–Crippen LogP) is 2.89. The summed E-state index contributed by atoms with van der Waals surface area (Å²) in [4.78, 5) is 12.9. The number of sulfonamides is 1. The zero-order valence-electron chi connectivity index (χ0n) is 15.3. The topological polar surface area (TPSA) is 75.3 Å². The molecule has 0 aromatic heterocycles. The first-order chi connectivity index (χ1) is 13.5. The van der Waals surface area contributed by atoms with Gasteiger partial charge in [-0.05, 0) is 29.7 Å². The van der Waals surface area contributed by atoms with E-state index in [1.54, 1.807) is 18.2 Å². The van der Waals surface area contributed by atoms with Crippen molar-refractivity contribution in [2.24, 2.45) is 0 Å². The average molecular weight is 394 g/mol. The molecule has 3 rings (SSSR count). The Hall–Kier alpha value is -2.96. The molecule has 2 N–H and O–H groups in total. The first-order valence-corrected chi connectivity index (χ1v) is 10.5. The van der Waals surface area contributed by atoms with Crippen molar-refractivity contribution in [1.82, 2.24) is 10.0 Å². The van der Waals surface area contributed by atoms with Crippen LogP contribution >= 0.6 is 0 Å². The van der Waals surface area contributed by atoms with Crippen LogP contribution in [-0.4, -0.2) is 20.4 Å². The molecular formula is C22H22N2O3S. The van der Waals surface area contributed by atoms with Crippen LogP contribution in [-0.2, 0) is 27.8 Å². The van der Waals surface area contributed by atoms with Crippen LogP contribution in [0.15, 0.2) is 95.9 Å². The van der Waals surface area contributed by atoms with Crippen molar-refractivity contribution in [2.75, 3.05) is 0 Å². The average Bonchev–Trinajstić information content (AvgIpc) is 2.73. The quantitative estimate of drug-likeness (QED) is 0.617. The highest BCUT2D eigenvalue weighted by Crippen LogP contribution is 2.11. The van der Waals surface area contributed by atoms with E-state index in [0.717, 1.165) is 11.1 Å². The SMILES string of the molecule is O=C(NCc1ccccc1)[C@@H](Cc1ccccc1)NS(=O)(=O)c1ccccc1. The highest BCUT2D eigenvalue weighted by molar-refractivity contribution is 7.89. The van der Waals surface area contributed by atoms with Gasteiger partial charge in [0.1, 0.15) is 6.04 Å². The molecule has 28 heavy (non-hydrogen) atoms. The monoisotopic (exact) mass is 394 g/mol. The second-order valence-electron chi connectivity index (χ2n) is 6.38. The van der Waals surface area contributed by atoms with E-state index in [2.05, 4.69) is 10.0 Å². The maximum absolute atomic E-state index is 12.8. The maximum Gasteiger partial charge on any atom is 0.241 e. The molecular weight excluding hydrogens is 372 g/mol. The van der Waals surface area contributed by atoms with Crippen LogP contribution < -0.4 is 10.0 Å². The molecule has 1 amide bonds. The summed E-state index contributed by atoms with van der Waals surface area (Å²) in [5.41, 5.74) is 1.82. The Morgan fingerprint density at radius 3 is 1.82 bits per heavy atom. The third kappa shape index (κ3) is 5.52. The summed E-state index contributed by atoms with van der Waals surface area (Å²) in [6.45, 7) is 0.331. The second kappa shape index (κ2) is 9.30. The van der Waals surface area contributed by atoms with Crippen molar-refractivity contribution < 1.29 is 13.2 Å². The van der Waals surface area contributed by atoms with E-state index in [4.69, 9.17) is 0 Å². The number of hydrogen-bond donors (Lipinski definition) is 2. The summed E-state index contributed by atoms with van der Waals surface area (Å²) >= 11 is 0. The van der Waals surface area contributed by atoms with Gasteiger partial charge in [-0.1, -0.05) is 78.9 Å². The molecule has 0 radical (unpaired) electrons. The molecule has 0 saturated carbocycles. The second-order valence-corrected chi connectivity index (χ2v) is 8.09. The molecule has 1 atom stereocenters. The van der Waals surface area contributed by atoms with E-state index in [-0.39, 0.29) is 17.2 Å². The van der Waals surface area contributed by atoms with Crippen molar-refractivity contribution in [3.8, 4) is 0 Å². The summed E-state index contributed by atoms with van der Waals surface area (Å²) in [6.07, 6.45) is 0.257. The largest absolute Gasteiger partial charge is 0.351 e. The lowest BCUT2D eigenvalue weighted by Crippen LogP contribution is -2.47. The number of rotatable bonds is 8. The maximum atomic E-state index is 12.8. The Morgan fingerprint density at radius 2 is 1.25 bits per heavy atom. The minimum Gasteiger partial charge on any atom is -0.351 e. The Labute approximate surface area is 165 Å². The normalized spacial score (nSPS) is 12.3. The molecule has 3 aromatic carbocycles. The molecule has 144 valence electrons. The minimum atomic E-state index is -3.82. The van der Waals surface area contributed by atoms with Gasteiger partial charge in [-0.3, -0.25) is 4.79 Å². The zero-order chi connectivity index (χ0) is 19.8. The van der Waals surface area contributed by atoms with E-state index in [1.165, 1.54) is 12.1 Å². The fraction of sp³-hybridized carbons (Fsp3) is 0.136. The molecule has 0 aliphatic heterocycles. The molecule has 0 aliphatic rings. The number of amides is 1. The lowest BCUT2D eigenvalue weighted by Gasteiger charge is -2.19. The van der Waals surface area contributed by atoms with Gasteiger partial charge in [0.05, 0.1) is 4.90 Å². The van der Waals surface area contributed by atoms with Crippen LogP contribution in [0.5, 0.6) is 0 Å². The number of benzene rings is 3. The van der Waals surface area contributed by atoms with Crippen molar-refractivity contribution in [3.05, 3.63) is 102 Å². The van der Waals surface area contributed by atoms with E-state index in [0.29, 0.717) is 6.54 Å². The van der Waals surface area contributed by atoms with E-state index in [1.807, 2.05) is 60.7 Å². The third-order valence-electron chi connectivity index (χ3n) is 4.26. The van der Waals surface area contributed by atoms with Crippen molar-refractivity contribution in [3.63, 3.8) is 0 Å². The Morgan fingerprint density at radius 1 is 0.750 bits per heavy atom. The lowest BCUT2D eigenvalue weighted by atomic mass is 10.1. The smallest absolute Gasteiger partial charge is 0.241 e. The third-order valence-corrected chi connectivity index (χ3v) is 5.75. The number of nitrogens with one attached hydrogen (secondary N) is 2. The van der Waals surface area contributed by atoms with Crippen LogP contribution in [0.2, 0.25) is 0 Å². The highest BCUT2D eigenvalue weighted by atomic mass is 32.2. The zero-order valence-corrected chi connectivity index (χ0v) is 16.1. The van der Waals surface area contributed by atoms with Gasteiger partial charge in [-0.2, -0.15) is 4.72 Å². The van der Waals surface area contributed by atoms with Crippen molar-refractivity contribution in [2.45, 2.75) is 23.9 Å². The van der Waals surface area contributed by atoms with E-state index in [9.17, 15) is 13.2 Å². The molecule has 0 saturated heterocycles. The summed E-state index contributed by atoms with van der Waals surface area (Å²) in [5, 5.41) is 2.83. The van der Waals surface area contributed by atoms with Crippen LogP contribution in [0, 0.1) is 0 Å².